The number of allylic oxidation sites excluding steroid dienone is 4. The quantitative estimate of drug-likeness (QED) is 0.370. The highest BCUT2D eigenvalue weighted by molar-refractivity contribution is 6.81. The van der Waals surface area contributed by atoms with Crippen molar-refractivity contribution in [1.29, 1.82) is 0 Å². The zero-order chi connectivity index (χ0) is 24.8. The van der Waals surface area contributed by atoms with Gasteiger partial charge in [0.05, 0.1) is 8.07 Å². The van der Waals surface area contributed by atoms with Crippen LogP contribution in [0, 0.1) is 23.7 Å². The van der Waals surface area contributed by atoms with E-state index in [9.17, 15) is 0 Å². The molecule has 1 saturated heterocycles. The van der Waals surface area contributed by atoms with E-state index in [1.165, 1.54) is 54.0 Å². The van der Waals surface area contributed by atoms with Crippen molar-refractivity contribution in [1.82, 2.24) is 0 Å². The lowest BCUT2D eigenvalue weighted by Crippen LogP contribution is -2.46. The van der Waals surface area contributed by atoms with E-state index in [0.717, 1.165) is 23.3 Å². The fourth-order valence-electron chi connectivity index (χ4n) is 8.61. The smallest absolute Gasteiger partial charge is 0.0578 e. The molecule has 188 valence electrons. The third-order valence-corrected chi connectivity index (χ3v) is 16.8. The number of rotatable bonds is 5. The Labute approximate surface area is 216 Å². The van der Waals surface area contributed by atoms with Gasteiger partial charge in [-0.3, -0.25) is 0 Å². The van der Waals surface area contributed by atoms with Gasteiger partial charge < -0.3 is 0 Å². The molecule has 2 fully saturated rings. The first kappa shape index (κ1) is 25.1. The first-order chi connectivity index (χ1) is 16.7. The fourth-order valence-corrected chi connectivity index (χ4v) is 16.3. The Bertz CT molecular complexity index is 1110. The van der Waals surface area contributed by atoms with Gasteiger partial charge in [0.15, 0.2) is 0 Å². The summed E-state index contributed by atoms with van der Waals surface area (Å²) in [4.78, 5) is 0. The average molecular weight is 485 g/mol. The second kappa shape index (κ2) is 9.69. The van der Waals surface area contributed by atoms with E-state index >= 15 is 0 Å². The van der Waals surface area contributed by atoms with Crippen molar-refractivity contribution in [3.05, 3.63) is 65.8 Å². The molecule has 1 saturated carbocycles. The monoisotopic (exact) mass is 484 g/mol. The number of benzene rings is 2. The van der Waals surface area contributed by atoms with Gasteiger partial charge in [0.1, 0.15) is 0 Å². The third kappa shape index (κ3) is 4.52. The summed E-state index contributed by atoms with van der Waals surface area (Å²) in [5.41, 5.74) is 5.74. The van der Waals surface area contributed by atoms with E-state index in [1.807, 2.05) is 0 Å². The predicted molar refractivity (Wildman–Crippen MR) is 158 cm³/mol. The van der Waals surface area contributed by atoms with E-state index < -0.39 is 8.07 Å². The van der Waals surface area contributed by atoms with Gasteiger partial charge in [0, 0.05) is 0 Å². The summed E-state index contributed by atoms with van der Waals surface area (Å²) >= 11 is 0. The molecular weight excluding hydrogens is 436 g/mol. The van der Waals surface area contributed by atoms with Crippen LogP contribution in [-0.2, 0) is 5.41 Å². The van der Waals surface area contributed by atoms with Gasteiger partial charge in [-0.05, 0) is 68.5 Å². The summed E-state index contributed by atoms with van der Waals surface area (Å²) in [5, 5.41) is 2.91. The molecule has 0 amide bonds. The van der Waals surface area contributed by atoms with Gasteiger partial charge in [-0.15, -0.1) is 0 Å². The van der Waals surface area contributed by atoms with Gasteiger partial charge in [0.25, 0.3) is 0 Å². The van der Waals surface area contributed by atoms with Crippen LogP contribution >= 0.6 is 0 Å². The van der Waals surface area contributed by atoms with Crippen LogP contribution in [-0.4, -0.2) is 8.07 Å². The molecule has 1 aliphatic heterocycles. The molecule has 0 nitrogen and oxygen atoms in total. The Hall–Kier alpha value is -1.60. The summed E-state index contributed by atoms with van der Waals surface area (Å²) in [7, 11) is -1.30. The largest absolute Gasteiger partial charge is 0.0808 e. The molecule has 2 aliphatic carbocycles. The third-order valence-electron chi connectivity index (χ3n) is 10.2. The molecule has 5 rings (SSSR count). The Morgan fingerprint density at radius 2 is 1.69 bits per heavy atom. The SMILES string of the molecule is CCC(C)C[Si]1(C2C(C)CC3C(c4ccc(C(C)(C)C)c5ccccc45)=CC=CC32)CCCCC1. The number of fused-ring (bicyclic) bond motifs is 2. The lowest BCUT2D eigenvalue weighted by atomic mass is 9.77. The Morgan fingerprint density at radius 1 is 0.971 bits per heavy atom. The first-order valence-corrected chi connectivity index (χ1v) is 17.4. The topological polar surface area (TPSA) is 0 Å². The van der Waals surface area contributed by atoms with E-state index in [2.05, 4.69) is 96.2 Å². The van der Waals surface area contributed by atoms with Crippen molar-refractivity contribution in [3.8, 4) is 0 Å². The second-order valence-corrected chi connectivity index (χ2v) is 18.3. The van der Waals surface area contributed by atoms with Crippen LogP contribution in [0.5, 0.6) is 0 Å². The van der Waals surface area contributed by atoms with Crippen LogP contribution in [0.25, 0.3) is 16.3 Å². The van der Waals surface area contributed by atoms with Crippen molar-refractivity contribution in [3.63, 3.8) is 0 Å². The van der Waals surface area contributed by atoms with Crippen molar-refractivity contribution in [2.75, 3.05) is 0 Å². The van der Waals surface area contributed by atoms with Gasteiger partial charge in [-0.1, -0.05) is 140 Å². The molecule has 1 heterocycles. The van der Waals surface area contributed by atoms with Crippen LogP contribution in [0.4, 0.5) is 0 Å². The molecule has 0 radical (unpaired) electrons. The van der Waals surface area contributed by atoms with Crippen LogP contribution in [0.2, 0.25) is 23.7 Å². The Kier molecular flexibility index (Phi) is 6.94. The highest BCUT2D eigenvalue weighted by atomic mass is 28.3. The average Bonchev–Trinajstić information content (AvgIpc) is 3.19. The van der Waals surface area contributed by atoms with E-state index in [-0.39, 0.29) is 5.41 Å². The second-order valence-electron chi connectivity index (χ2n) is 13.5. The summed E-state index contributed by atoms with van der Waals surface area (Å²) in [6.45, 7) is 14.6. The molecule has 0 spiro atoms. The first-order valence-electron chi connectivity index (χ1n) is 14.7. The lowest BCUT2D eigenvalue weighted by molar-refractivity contribution is 0.508. The standard InChI is InChI=1S/C34H48Si/c1-7-24(2)23-35(20-11-8-12-21-35)33-25(3)22-31-27(16-13-17-30(31)33)28-18-19-32(34(4,5)6)29-15-10-9-14-26(28)29/h9-10,13-19,24-25,30-31,33H,7-8,11-12,20-23H2,1-6H3. The zero-order valence-electron chi connectivity index (χ0n) is 23.2. The van der Waals surface area contributed by atoms with Gasteiger partial charge in [-0.2, -0.15) is 0 Å². The van der Waals surface area contributed by atoms with Gasteiger partial charge >= 0.3 is 0 Å². The molecule has 3 aliphatic rings. The maximum atomic E-state index is 2.66. The summed E-state index contributed by atoms with van der Waals surface area (Å²) in [6.07, 6.45) is 14.8. The summed E-state index contributed by atoms with van der Waals surface area (Å²) < 4.78 is 0. The maximum absolute atomic E-state index is 2.66. The predicted octanol–water partition coefficient (Wildman–Crippen LogP) is 10.4. The molecule has 0 aromatic heterocycles. The molecule has 35 heavy (non-hydrogen) atoms. The van der Waals surface area contributed by atoms with Gasteiger partial charge in [-0.25, -0.2) is 0 Å². The Morgan fingerprint density at radius 3 is 2.37 bits per heavy atom. The lowest BCUT2D eigenvalue weighted by Gasteiger charge is -2.46. The van der Waals surface area contributed by atoms with E-state index in [0.29, 0.717) is 5.92 Å². The number of hydrogen-bond donors (Lipinski definition) is 0. The van der Waals surface area contributed by atoms with E-state index in [4.69, 9.17) is 0 Å². The fraction of sp³-hybridized carbons (Fsp3) is 0.588. The van der Waals surface area contributed by atoms with Crippen molar-refractivity contribution < 1.29 is 0 Å². The minimum Gasteiger partial charge on any atom is -0.0808 e. The molecule has 5 unspecified atom stereocenters. The highest BCUT2D eigenvalue weighted by Gasteiger charge is 2.53. The summed E-state index contributed by atoms with van der Waals surface area (Å²) in [6, 6.07) is 18.9. The normalized spacial score (nSPS) is 29.1. The minimum atomic E-state index is -1.30. The number of hydrogen-bond acceptors (Lipinski definition) is 0. The van der Waals surface area contributed by atoms with E-state index in [1.54, 1.807) is 23.7 Å². The van der Waals surface area contributed by atoms with Crippen LogP contribution in [0.15, 0.2) is 54.6 Å². The molecular formula is C34H48Si. The highest BCUT2D eigenvalue weighted by Crippen LogP contribution is 2.61. The maximum Gasteiger partial charge on any atom is 0.0578 e. The van der Waals surface area contributed by atoms with Crippen LogP contribution in [0.3, 0.4) is 0 Å². The molecule has 1 heteroatoms. The summed E-state index contributed by atoms with van der Waals surface area (Å²) in [5.74, 6) is 3.24. The Balaban J connectivity index is 1.55. The zero-order valence-corrected chi connectivity index (χ0v) is 24.2. The molecule has 2 aromatic carbocycles. The van der Waals surface area contributed by atoms with Crippen molar-refractivity contribution in [2.45, 2.75) is 103 Å². The molecule has 2 aromatic rings. The minimum absolute atomic E-state index is 0.156. The van der Waals surface area contributed by atoms with Crippen molar-refractivity contribution >= 4 is 24.4 Å². The molecule has 5 atom stereocenters. The van der Waals surface area contributed by atoms with Crippen LogP contribution in [0.1, 0.15) is 84.8 Å². The van der Waals surface area contributed by atoms with Gasteiger partial charge in [0.2, 0.25) is 0 Å². The molecule has 0 bridgehead atoms. The van der Waals surface area contributed by atoms with Crippen LogP contribution < -0.4 is 0 Å². The van der Waals surface area contributed by atoms with Crippen molar-refractivity contribution in [2.24, 2.45) is 23.7 Å². The molecule has 0 N–H and O–H groups in total.